The first kappa shape index (κ1) is 18.9. The number of ether oxygens (including phenoxy) is 1. The van der Waals surface area contributed by atoms with Crippen LogP contribution in [0.25, 0.3) is 10.2 Å². The molecule has 0 aliphatic heterocycles. The van der Waals surface area contributed by atoms with E-state index in [-0.39, 0.29) is 28.2 Å². The first-order valence-electron chi connectivity index (χ1n) is 8.18. The Kier molecular flexibility index (Phi) is 5.46. The van der Waals surface area contributed by atoms with Crippen LogP contribution in [0.5, 0.6) is 0 Å². The predicted octanol–water partition coefficient (Wildman–Crippen LogP) is 3.59. The molecule has 0 aliphatic rings. The van der Waals surface area contributed by atoms with Crippen LogP contribution in [0.4, 0.5) is 8.78 Å². The molecule has 0 fully saturated rings. The van der Waals surface area contributed by atoms with E-state index < -0.39 is 23.5 Å². The zero-order valence-electron chi connectivity index (χ0n) is 14.7. The summed E-state index contributed by atoms with van der Waals surface area (Å²) in [6.45, 7) is 3.32. The molecule has 0 unspecified atom stereocenters. The fourth-order valence-electron chi connectivity index (χ4n) is 2.63. The van der Waals surface area contributed by atoms with Gasteiger partial charge in [-0.15, -0.1) is 0 Å². The lowest BCUT2D eigenvalue weighted by Crippen LogP contribution is -2.23. The molecule has 27 heavy (non-hydrogen) atoms. The molecule has 0 bridgehead atoms. The van der Waals surface area contributed by atoms with Gasteiger partial charge in [0, 0.05) is 11.6 Å². The fourth-order valence-corrected chi connectivity index (χ4v) is 3.69. The highest BCUT2D eigenvalue weighted by Gasteiger charge is 2.17. The van der Waals surface area contributed by atoms with Crippen LogP contribution in [-0.4, -0.2) is 23.1 Å². The van der Waals surface area contributed by atoms with Crippen LogP contribution in [0, 0.1) is 18.6 Å². The third kappa shape index (κ3) is 4.11. The van der Waals surface area contributed by atoms with E-state index in [0.717, 1.165) is 29.0 Å². The van der Waals surface area contributed by atoms with Crippen molar-refractivity contribution >= 4 is 33.4 Å². The van der Waals surface area contributed by atoms with E-state index in [4.69, 9.17) is 4.74 Å². The molecule has 3 aromatic rings. The average Bonchev–Trinajstić information content (AvgIpc) is 2.92. The van der Waals surface area contributed by atoms with Crippen molar-refractivity contribution in [2.75, 3.05) is 6.61 Å². The predicted molar refractivity (Wildman–Crippen MR) is 97.4 cm³/mol. The summed E-state index contributed by atoms with van der Waals surface area (Å²) < 4.78 is 34.3. The molecule has 3 rings (SSSR count). The van der Waals surface area contributed by atoms with Crippen LogP contribution >= 0.6 is 11.3 Å². The summed E-state index contributed by atoms with van der Waals surface area (Å²) in [4.78, 5) is 28.6. The van der Waals surface area contributed by atoms with Gasteiger partial charge in [0.2, 0.25) is 0 Å². The number of hydrogen-bond acceptors (Lipinski definition) is 4. The second-order valence-electron chi connectivity index (χ2n) is 5.80. The van der Waals surface area contributed by atoms with Gasteiger partial charge in [-0.3, -0.25) is 9.59 Å². The number of carbonyl (C=O) groups excluding carboxylic acids is 2. The minimum Gasteiger partial charge on any atom is -0.465 e. The Labute approximate surface area is 157 Å². The Balaban J connectivity index is 2.17. The summed E-state index contributed by atoms with van der Waals surface area (Å²) in [5, 5.41) is 0. The zero-order chi connectivity index (χ0) is 19.6. The Morgan fingerprint density at radius 2 is 2.00 bits per heavy atom. The molecule has 140 valence electrons. The van der Waals surface area contributed by atoms with E-state index in [1.54, 1.807) is 25.1 Å². The Morgan fingerprint density at radius 3 is 2.70 bits per heavy atom. The van der Waals surface area contributed by atoms with Gasteiger partial charge in [0.25, 0.3) is 5.91 Å². The maximum atomic E-state index is 14.3. The van der Waals surface area contributed by atoms with Gasteiger partial charge in [-0.1, -0.05) is 29.0 Å². The largest absolute Gasteiger partial charge is 0.465 e. The topological polar surface area (TPSA) is 60.7 Å². The molecule has 0 aliphatic carbocycles. The lowest BCUT2D eigenvalue weighted by atomic mass is 10.1. The number of rotatable bonds is 4. The standard InChI is InChI=1S/C19H16F2N2O3S/c1-3-26-16(24)10-23-17-14(21)8-13(20)9-15(17)27-19(23)22-18(25)12-6-4-5-11(2)7-12/h4-9H,3,10H2,1-2H3. The van der Waals surface area contributed by atoms with Crippen LogP contribution < -0.4 is 4.80 Å². The van der Waals surface area contributed by atoms with Crippen molar-refractivity contribution in [3.63, 3.8) is 0 Å². The quantitative estimate of drug-likeness (QED) is 0.640. The molecule has 8 heteroatoms. The molecule has 0 saturated carbocycles. The van der Waals surface area contributed by atoms with Gasteiger partial charge >= 0.3 is 5.97 Å². The second kappa shape index (κ2) is 7.79. The third-order valence-corrected chi connectivity index (χ3v) is 4.78. The summed E-state index contributed by atoms with van der Waals surface area (Å²) in [7, 11) is 0. The molecule has 0 atom stereocenters. The highest BCUT2D eigenvalue weighted by Crippen LogP contribution is 2.22. The average molecular weight is 390 g/mol. The number of aryl methyl sites for hydroxylation is 1. The van der Waals surface area contributed by atoms with Gasteiger partial charge in [-0.2, -0.15) is 4.99 Å². The van der Waals surface area contributed by atoms with Crippen LogP contribution in [0.15, 0.2) is 41.4 Å². The number of thiazole rings is 1. The maximum absolute atomic E-state index is 14.3. The smallest absolute Gasteiger partial charge is 0.326 e. The summed E-state index contributed by atoms with van der Waals surface area (Å²) >= 11 is 0.927. The number of nitrogens with zero attached hydrogens (tertiary/aromatic N) is 2. The van der Waals surface area contributed by atoms with Gasteiger partial charge < -0.3 is 9.30 Å². The monoisotopic (exact) mass is 390 g/mol. The van der Waals surface area contributed by atoms with Crippen molar-refractivity contribution in [3.05, 3.63) is 64.0 Å². The van der Waals surface area contributed by atoms with E-state index in [1.165, 1.54) is 4.57 Å². The molecular weight excluding hydrogens is 374 g/mol. The number of esters is 1. The van der Waals surface area contributed by atoms with Crippen LogP contribution in [0.3, 0.4) is 0 Å². The first-order chi connectivity index (χ1) is 12.9. The van der Waals surface area contributed by atoms with Gasteiger partial charge in [-0.25, -0.2) is 8.78 Å². The maximum Gasteiger partial charge on any atom is 0.326 e. The Bertz CT molecular complexity index is 1100. The van der Waals surface area contributed by atoms with Crippen LogP contribution in [-0.2, 0) is 16.1 Å². The normalized spacial score (nSPS) is 11.8. The molecule has 0 spiro atoms. The first-order valence-corrected chi connectivity index (χ1v) is 9.00. The summed E-state index contributed by atoms with van der Waals surface area (Å²) in [6.07, 6.45) is 0. The number of hydrogen-bond donors (Lipinski definition) is 0. The number of carbonyl (C=O) groups is 2. The van der Waals surface area contributed by atoms with Gasteiger partial charge in [-0.05, 0) is 32.0 Å². The summed E-state index contributed by atoms with van der Waals surface area (Å²) in [5.74, 6) is -2.73. The fraction of sp³-hybridized carbons (Fsp3) is 0.211. The molecule has 0 radical (unpaired) electrons. The van der Waals surface area contributed by atoms with Gasteiger partial charge in [0.15, 0.2) is 10.6 Å². The SMILES string of the molecule is CCOC(=O)Cn1c(=NC(=O)c2cccc(C)c2)sc2cc(F)cc(F)c21. The lowest BCUT2D eigenvalue weighted by Gasteiger charge is -2.06. The van der Waals surface area contributed by atoms with Gasteiger partial charge in [0.1, 0.15) is 12.4 Å². The minimum atomic E-state index is -0.838. The van der Waals surface area contributed by atoms with E-state index in [2.05, 4.69) is 4.99 Å². The van der Waals surface area contributed by atoms with Crippen LogP contribution in [0.1, 0.15) is 22.8 Å². The molecule has 0 N–H and O–H groups in total. The minimum absolute atomic E-state index is 0.00486. The number of amides is 1. The van der Waals surface area contributed by atoms with Crippen molar-refractivity contribution in [1.29, 1.82) is 0 Å². The Morgan fingerprint density at radius 1 is 1.22 bits per heavy atom. The van der Waals surface area contributed by atoms with Crippen molar-refractivity contribution in [2.45, 2.75) is 20.4 Å². The second-order valence-corrected chi connectivity index (χ2v) is 6.81. The highest BCUT2D eigenvalue weighted by atomic mass is 32.1. The number of benzene rings is 2. The van der Waals surface area contributed by atoms with Crippen molar-refractivity contribution in [2.24, 2.45) is 4.99 Å². The van der Waals surface area contributed by atoms with E-state index >= 15 is 0 Å². The molecule has 5 nitrogen and oxygen atoms in total. The zero-order valence-corrected chi connectivity index (χ0v) is 15.5. The van der Waals surface area contributed by atoms with Crippen LogP contribution in [0.2, 0.25) is 0 Å². The molecule has 1 aromatic heterocycles. The number of halogens is 2. The third-order valence-electron chi connectivity index (χ3n) is 3.75. The molecular formula is C19H16F2N2O3S. The number of fused-ring (bicyclic) bond motifs is 1. The van der Waals surface area contributed by atoms with Crippen molar-refractivity contribution in [1.82, 2.24) is 4.57 Å². The molecule has 2 aromatic carbocycles. The Hall–Kier alpha value is -2.87. The van der Waals surface area contributed by atoms with Crippen molar-refractivity contribution in [3.8, 4) is 0 Å². The lowest BCUT2D eigenvalue weighted by molar-refractivity contribution is -0.143. The highest BCUT2D eigenvalue weighted by molar-refractivity contribution is 7.16. The molecule has 1 amide bonds. The van der Waals surface area contributed by atoms with E-state index in [9.17, 15) is 18.4 Å². The van der Waals surface area contributed by atoms with Crippen molar-refractivity contribution < 1.29 is 23.1 Å². The van der Waals surface area contributed by atoms with Gasteiger partial charge in [0.05, 0.1) is 16.8 Å². The van der Waals surface area contributed by atoms with E-state index in [1.807, 2.05) is 13.0 Å². The summed E-state index contributed by atoms with van der Waals surface area (Å²) in [5.41, 5.74) is 1.26. The number of aromatic nitrogens is 1. The molecule has 0 saturated heterocycles. The van der Waals surface area contributed by atoms with E-state index in [0.29, 0.717) is 5.56 Å². The summed E-state index contributed by atoms with van der Waals surface area (Å²) in [6, 6.07) is 8.72. The molecule has 1 heterocycles.